The highest BCUT2D eigenvalue weighted by Gasteiger charge is 2.29. The fourth-order valence-electron chi connectivity index (χ4n) is 1.56. The van der Waals surface area contributed by atoms with Crippen LogP contribution in [0.4, 0.5) is 0 Å². The Morgan fingerprint density at radius 1 is 1.37 bits per heavy atom. The summed E-state index contributed by atoms with van der Waals surface area (Å²) < 4.78 is 0. The number of nitrogens with zero attached hydrogens (tertiary/aromatic N) is 1. The number of carboxylic acid groups (broad SMARTS) is 2. The summed E-state index contributed by atoms with van der Waals surface area (Å²) in [5, 5.41) is 20.1. The van der Waals surface area contributed by atoms with E-state index in [0.717, 1.165) is 0 Å². The van der Waals surface area contributed by atoms with Crippen molar-refractivity contribution in [3.8, 4) is 0 Å². The molecule has 0 radical (unpaired) electrons. The number of hydrogen-bond donors (Lipinski definition) is 4. The number of carbonyl (C=O) groups excluding carboxylic acids is 1. The third-order valence-electron chi connectivity index (χ3n) is 2.61. The molecule has 0 fully saturated rings. The predicted octanol–water partition coefficient (Wildman–Crippen LogP) is -0.368. The van der Waals surface area contributed by atoms with Gasteiger partial charge in [-0.2, -0.15) is 0 Å². The molecule has 8 heteroatoms. The maximum absolute atomic E-state index is 11.7. The number of aromatic amines is 1. The molecule has 0 aliphatic rings. The second kappa shape index (κ2) is 6.53. The number of aromatic nitrogens is 2. The van der Waals surface area contributed by atoms with Crippen LogP contribution in [0, 0.1) is 5.92 Å². The Morgan fingerprint density at radius 2 is 2.05 bits per heavy atom. The van der Waals surface area contributed by atoms with Crippen LogP contribution in [0.2, 0.25) is 0 Å². The summed E-state index contributed by atoms with van der Waals surface area (Å²) in [6.45, 7) is 1.54. The molecule has 4 N–H and O–H groups in total. The van der Waals surface area contributed by atoms with E-state index < -0.39 is 29.8 Å². The Balaban J connectivity index is 2.71. The van der Waals surface area contributed by atoms with Crippen LogP contribution in [0.25, 0.3) is 0 Å². The molecule has 0 aliphatic carbocycles. The summed E-state index contributed by atoms with van der Waals surface area (Å²) >= 11 is 0. The van der Waals surface area contributed by atoms with Crippen LogP contribution in [-0.4, -0.2) is 44.1 Å². The fraction of sp³-hybridized carbons (Fsp3) is 0.455. The van der Waals surface area contributed by atoms with Gasteiger partial charge in [0.1, 0.15) is 12.0 Å². The molecular formula is C11H15N3O5. The first-order chi connectivity index (χ1) is 8.95. The number of aliphatic carboxylic acids is 2. The van der Waals surface area contributed by atoms with E-state index in [1.165, 1.54) is 12.5 Å². The van der Waals surface area contributed by atoms with Crippen molar-refractivity contribution in [2.75, 3.05) is 0 Å². The van der Waals surface area contributed by atoms with Crippen molar-refractivity contribution in [2.24, 2.45) is 5.92 Å². The maximum atomic E-state index is 11.7. The van der Waals surface area contributed by atoms with Gasteiger partial charge < -0.3 is 20.5 Å². The maximum Gasteiger partial charge on any atom is 0.326 e. The molecule has 1 rings (SSSR count). The van der Waals surface area contributed by atoms with E-state index >= 15 is 0 Å². The number of carbonyl (C=O) groups is 3. The quantitative estimate of drug-likeness (QED) is 0.499. The minimum absolute atomic E-state index is 0.0133. The zero-order valence-electron chi connectivity index (χ0n) is 10.3. The van der Waals surface area contributed by atoms with Crippen LogP contribution in [0.5, 0.6) is 0 Å². The van der Waals surface area contributed by atoms with Gasteiger partial charge >= 0.3 is 11.9 Å². The standard InChI is InChI=1S/C11H15N3O5/c1-2-7(10(16)17)9(15)14-8(11(18)19)3-6-4-12-5-13-6/h4-5,7-8H,2-3H2,1H3,(H,12,13)(H,14,15)(H,16,17)(H,18,19). The van der Waals surface area contributed by atoms with Crippen molar-refractivity contribution in [3.63, 3.8) is 0 Å². The van der Waals surface area contributed by atoms with E-state index in [0.29, 0.717) is 5.69 Å². The third kappa shape index (κ3) is 4.09. The van der Waals surface area contributed by atoms with E-state index in [4.69, 9.17) is 10.2 Å². The van der Waals surface area contributed by atoms with Gasteiger partial charge in [0.2, 0.25) is 5.91 Å². The van der Waals surface area contributed by atoms with Crippen LogP contribution in [0.1, 0.15) is 19.0 Å². The molecule has 2 unspecified atom stereocenters. The number of hydrogen-bond acceptors (Lipinski definition) is 4. The van der Waals surface area contributed by atoms with Gasteiger partial charge in [0.25, 0.3) is 0 Å². The molecule has 0 aromatic carbocycles. The highest BCUT2D eigenvalue weighted by atomic mass is 16.4. The molecule has 8 nitrogen and oxygen atoms in total. The number of carboxylic acids is 2. The van der Waals surface area contributed by atoms with Crippen molar-refractivity contribution in [1.82, 2.24) is 15.3 Å². The Morgan fingerprint density at radius 3 is 2.47 bits per heavy atom. The molecule has 2 atom stereocenters. The summed E-state index contributed by atoms with van der Waals surface area (Å²) in [6, 6.07) is -1.20. The first kappa shape index (κ1) is 14.7. The smallest absolute Gasteiger partial charge is 0.326 e. The van der Waals surface area contributed by atoms with Crippen LogP contribution in [0.3, 0.4) is 0 Å². The summed E-state index contributed by atoms with van der Waals surface area (Å²) in [5.41, 5.74) is 0.469. The lowest BCUT2D eigenvalue weighted by molar-refractivity contribution is -0.150. The van der Waals surface area contributed by atoms with Gasteiger partial charge in [0.15, 0.2) is 0 Å². The summed E-state index contributed by atoms with van der Waals surface area (Å²) in [7, 11) is 0. The molecule has 1 amide bonds. The van der Waals surface area contributed by atoms with Gasteiger partial charge in [-0.3, -0.25) is 9.59 Å². The Labute approximate surface area is 108 Å². The molecule has 0 saturated carbocycles. The van der Waals surface area contributed by atoms with Crippen molar-refractivity contribution in [2.45, 2.75) is 25.8 Å². The minimum Gasteiger partial charge on any atom is -0.481 e. The number of imidazole rings is 1. The predicted molar refractivity (Wildman–Crippen MR) is 63.3 cm³/mol. The van der Waals surface area contributed by atoms with E-state index in [1.807, 2.05) is 0 Å². The third-order valence-corrected chi connectivity index (χ3v) is 2.61. The van der Waals surface area contributed by atoms with E-state index in [9.17, 15) is 14.4 Å². The first-order valence-corrected chi connectivity index (χ1v) is 5.69. The second-order valence-electron chi connectivity index (χ2n) is 3.96. The van der Waals surface area contributed by atoms with Crippen LogP contribution >= 0.6 is 0 Å². The summed E-state index contributed by atoms with van der Waals surface area (Å²) in [6.07, 6.45) is 2.98. The van der Waals surface area contributed by atoms with Crippen molar-refractivity contribution in [1.29, 1.82) is 0 Å². The van der Waals surface area contributed by atoms with Gasteiger partial charge in [0.05, 0.1) is 12.0 Å². The Kier molecular flexibility index (Phi) is 5.04. The Hall–Kier alpha value is -2.38. The fourth-order valence-corrected chi connectivity index (χ4v) is 1.56. The van der Waals surface area contributed by atoms with Crippen molar-refractivity contribution in [3.05, 3.63) is 18.2 Å². The van der Waals surface area contributed by atoms with E-state index in [-0.39, 0.29) is 12.8 Å². The van der Waals surface area contributed by atoms with Crippen molar-refractivity contribution >= 4 is 17.8 Å². The molecule has 1 aromatic heterocycles. The molecule has 0 bridgehead atoms. The molecule has 104 valence electrons. The highest BCUT2D eigenvalue weighted by molar-refractivity contribution is 5.98. The number of amides is 1. The van der Waals surface area contributed by atoms with Gasteiger partial charge in [0, 0.05) is 12.6 Å². The number of H-pyrrole nitrogens is 1. The van der Waals surface area contributed by atoms with E-state index in [1.54, 1.807) is 6.92 Å². The van der Waals surface area contributed by atoms with Gasteiger partial charge in [-0.1, -0.05) is 6.92 Å². The van der Waals surface area contributed by atoms with E-state index in [2.05, 4.69) is 15.3 Å². The average Bonchev–Trinajstić information content (AvgIpc) is 2.81. The van der Waals surface area contributed by atoms with Crippen LogP contribution < -0.4 is 5.32 Å². The normalized spacial score (nSPS) is 13.5. The second-order valence-corrected chi connectivity index (χ2v) is 3.96. The lowest BCUT2D eigenvalue weighted by Crippen LogP contribution is -2.46. The SMILES string of the molecule is CCC(C(=O)O)C(=O)NC(Cc1c[nH]cn1)C(=O)O. The highest BCUT2D eigenvalue weighted by Crippen LogP contribution is 2.05. The van der Waals surface area contributed by atoms with Gasteiger partial charge in [-0.25, -0.2) is 9.78 Å². The zero-order valence-corrected chi connectivity index (χ0v) is 10.3. The average molecular weight is 269 g/mol. The van der Waals surface area contributed by atoms with Crippen LogP contribution in [0.15, 0.2) is 12.5 Å². The molecule has 0 spiro atoms. The monoisotopic (exact) mass is 269 g/mol. The summed E-state index contributed by atoms with van der Waals surface area (Å²) in [4.78, 5) is 40.1. The first-order valence-electron chi connectivity index (χ1n) is 5.69. The summed E-state index contributed by atoms with van der Waals surface area (Å²) in [5.74, 6) is -4.57. The Bertz CT molecular complexity index is 457. The molecule has 0 saturated heterocycles. The molecule has 1 aromatic rings. The molecule has 0 aliphatic heterocycles. The zero-order chi connectivity index (χ0) is 14.4. The van der Waals surface area contributed by atoms with Crippen LogP contribution in [-0.2, 0) is 20.8 Å². The molecule has 1 heterocycles. The molecule has 19 heavy (non-hydrogen) atoms. The van der Waals surface area contributed by atoms with Crippen molar-refractivity contribution < 1.29 is 24.6 Å². The topological polar surface area (TPSA) is 132 Å². The lowest BCUT2D eigenvalue weighted by atomic mass is 10.0. The van der Waals surface area contributed by atoms with Gasteiger partial charge in [-0.15, -0.1) is 0 Å². The lowest BCUT2D eigenvalue weighted by Gasteiger charge is -2.16. The number of nitrogens with one attached hydrogen (secondary N) is 2. The van der Waals surface area contributed by atoms with Gasteiger partial charge in [-0.05, 0) is 6.42 Å². The minimum atomic E-state index is -1.27. The largest absolute Gasteiger partial charge is 0.481 e. The molecular weight excluding hydrogens is 254 g/mol. The number of rotatable bonds is 7.